The Bertz CT molecular complexity index is 1480. The van der Waals surface area contributed by atoms with Gasteiger partial charge in [0.15, 0.2) is 0 Å². The van der Waals surface area contributed by atoms with E-state index in [9.17, 15) is 13.2 Å². The summed E-state index contributed by atoms with van der Waals surface area (Å²) in [7, 11) is -2.19. The lowest BCUT2D eigenvalue weighted by atomic mass is 9.68. The minimum absolute atomic E-state index is 0.105. The highest BCUT2D eigenvalue weighted by molar-refractivity contribution is 7.90. The molecule has 41 heavy (non-hydrogen) atoms. The highest BCUT2D eigenvalue weighted by Crippen LogP contribution is 2.47. The number of aryl methyl sites for hydroxylation is 1. The average molecular weight is 599 g/mol. The number of hydrogen-bond acceptors (Lipinski definition) is 6. The van der Waals surface area contributed by atoms with E-state index in [2.05, 4.69) is 21.8 Å². The molecule has 6 atom stereocenters. The summed E-state index contributed by atoms with van der Waals surface area (Å²) in [6.45, 7) is 5.56. The lowest BCUT2D eigenvalue weighted by molar-refractivity contribution is 0.0130. The fourth-order valence-corrected chi connectivity index (χ4v) is 8.61. The van der Waals surface area contributed by atoms with Gasteiger partial charge in [-0.25, -0.2) is 13.1 Å². The number of rotatable bonds is 1. The number of nitrogens with zero attached hydrogens (tertiary/aromatic N) is 1. The number of fused-ring (bicyclic) bond motifs is 4. The average Bonchev–Trinajstić information content (AvgIpc) is 3.08. The minimum Gasteiger partial charge on any atom is -0.490 e. The molecule has 6 rings (SSSR count). The molecule has 2 aliphatic carbocycles. The van der Waals surface area contributed by atoms with Crippen LogP contribution in [-0.2, 0) is 26.6 Å². The molecule has 0 aromatic heterocycles. The summed E-state index contributed by atoms with van der Waals surface area (Å²) in [6, 6.07) is 11.5. The third kappa shape index (κ3) is 5.28. The molecule has 0 saturated heterocycles. The van der Waals surface area contributed by atoms with E-state index in [4.69, 9.17) is 21.1 Å². The van der Waals surface area contributed by atoms with Gasteiger partial charge in [0.05, 0.1) is 23.6 Å². The summed E-state index contributed by atoms with van der Waals surface area (Å²) in [5, 5.41) is -0.0408. The SMILES string of the molecule is CO[C@H]1/C=C/[C@H](C)[C@@H](C)S(=O)(=O)NC(=O)c2ccc3c(c2)N(C[C@@H]2CC[C@H]21)C[C@@]1(CCCc2cc(Cl)ccc21)CO3. The fraction of sp³-hybridized carbons (Fsp3) is 0.531. The Morgan fingerprint density at radius 3 is 2.71 bits per heavy atom. The summed E-state index contributed by atoms with van der Waals surface area (Å²) in [4.78, 5) is 15.7. The Labute approximate surface area is 248 Å². The smallest absolute Gasteiger partial charge is 0.264 e. The zero-order chi connectivity index (χ0) is 28.9. The van der Waals surface area contributed by atoms with Crippen LogP contribution >= 0.6 is 11.6 Å². The van der Waals surface area contributed by atoms with Gasteiger partial charge in [-0.3, -0.25) is 4.79 Å². The fourth-order valence-electron chi connectivity index (χ4n) is 7.19. The maximum atomic E-state index is 13.3. The van der Waals surface area contributed by atoms with Crippen LogP contribution in [-0.4, -0.2) is 52.5 Å². The van der Waals surface area contributed by atoms with Crippen molar-refractivity contribution in [1.82, 2.24) is 4.72 Å². The lowest BCUT2D eigenvalue weighted by Gasteiger charge is -2.46. The molecule has 7 nitrogen and oxygen atoms in total. The number of allylic oxidation sites excluding steroid dienone is 1. The molecule has 1 amide bonds. The molecule has 220 valence electrons. The number of benzene rings is 2. The Morgan fingerprint density at radius 1 is 1.12 bits per heavy atom. The summed E-state index contributed by atoms with van der Waals surface area (Å²) < 4.78 is 41.2. The Morgan fingerprint density at radius 2 is 1.95 bits per heavy atom. The van der Waals surface area contributed by atoms with E-state index < -0.39 is 21.2 Å². The second-order valence-electron chi connectivity index (χ2n) is 12.4. The number of carbonyl (C=O) groups excluding carboxylic acids is 1. The standard InChI is InChI=1S/C32H39ClN2O5S/c1-20-6-12-29(39-3)26-10-7-24(26)17-35-18-32(14-4-5-22-15-25(33)9-11-27(22)32)19-40-30-13-8-23(16-28(30)35)31(36)34-41(37,38)21(20)2/h6,8-9,11-13,15-16,20-21,24,26,29H,4-5,7,10,14,17-19H2,1-3H3,(H,34,36)/b12-6+/t20-,21+,24-,26+,29-,32-/m0/s1. The van der Waals surface area contributed by atoms with Gasteiger partial charge in [-0.15, -0.1) is 0 Å². The molecule has 0 unspecified atom stereocenters. The Balaban J connectivity index is 1.45. The Hall–Kier alpha value is -2.55. The largest absolute Gasteiger partial charge is 0.490 e. The van der Waals surface area contributed by atoms with E-state index in [1.807, 2.05) is 31.2 Å². The van der Waals surface area contributed by atoms with Crippen molar-refractivity contribution in [2.45, 2.75) is 62.7 Å². The number of sulfonamides is 1. The summed E-state index contributed by atoms with van der Waals surface area (Å²) in [6.07, 6.45) is 9.02. The third-order valence-electron chi connectivity index (χ3n) is 9.99. The van der Waals surface area contributed by atoms with Crippen molar-refractivity contribution in [3.8, 4) is 5.75 Å². The normalized spacial score (nSPS) is 33.5. The molecule has 9 heteroatoms. The predicted octanol–water partition coefficient (Wildman–Crippen LogP) is 5.51. The zero-order valence-corrected chi connectivity index (χ0v) is 25.5. The molecule has 2 aliphatic heterocycles. The van der Waals surface area contributed by atoms with Gasteiger partial charge in [-0.2, -0.15) is 0 Å². The van der Waals surface area contributed by atoms with Crippen molar-refractivity contribution in [3.63, 3.8) is 0 Å². The van der Waals surface area contributed by atoms with E-state index in [1.54, 1.807) is 26.2 Å². The van der Waals surface area contributed by atoms with Gasteiger partial charge in [0, 0.05) is 36.2 Å². The molecule has 1 N–H and O–H groups in total. The molecule has 1 fully saturated rings. The quantitative estimate of drug-likeness (QED) is 0.436. The maximum absolute atomic E-state index is 13.3. The van der Waals surface area contributed by atoms with Gasteiger partial charge < -0.3 is 14.4 Å². The Kier molecular flexibility index (Phi) is 7.62. The summed E-state index contributed by atoms with van der Waals surface area (Å²) in [5.41, 5.74) is 3.47. The van der Waals surface area contributed by atoms with E-state index in [1.165, 1.54) is 11.1 Å². The van der Waals surface area contributed by atoms with Crippen LogP contribution in [0.5, 0.6) is 5.75 Å². The van der Waals surface area contributed by atoms with Gasteiger partial charge in [0.1, 0.15) is 5.75 Å². The molecule has 4 aliphatic rings. The first-order valence-corrected chi connectivity index (χ1v) is 16.6. The van der Waals surface area contributed by atoms with Crippen LogP contribution in [0.15, 0.2) is 48.6 Å². The highest BCUT2D eigenvalue weighted by atomic mass is 35.5. The number of methoxy groups -OCH3 is 1. The van der Waals surface area contributed by atoms with Gasteiger partial charge in [0.25, 0.3) is 5.91 Å². The maximum Gasteiger partial charge on any atom is 0.264 e. The summed E-state index contributed by atoms with van der Waals surface area (Å²) >= 11 is 6.39. The van der Waals surface area contributed by atoms with E-state index in [0.717, 1.165) is 55.9 Å². The number of nitrogens with one attached hydrogen (secondary N) is 1. The number of amides is 1. The van der Waals surface area contributed by atoms with Crippen molar-refractivity contribution in [2.75, 3.05) is 31.7 Å². The summed E-state index contributed by atoms with van der Waals surface area (Å²) in [5.74, 6) is 0.505. The molecule has 2 aromatic rings. The number of hydrogen-bond donors (Lipinski definition) is 1. The van der Waals surface area contributed by atoms with Crippen molar-refractivity contribution in [3.05, 3.63) is 70.3 Å². The second kappa shape index (κ2) is 10.9. The number of carbonyl (C=O) groups is 1. The van der Waals surface area contributed by atoms with Crippen LogP contribution in [0.4, 0.5) is 5.69 Å². The van der Waals surface area contributed by atoms with Gasteiger partial charge in [-0.05, 0) is 98.2 Å². The van der Waals surface area contributed by atoms with Gasteiger partial charge in [-0.1, -0.05) is 36.7 Å². The van der Waals surface area contributed by atoms with E-state index in [-0.39, 0.29) is 17.4 Å². The number of halogens is 1. The minimum atomic E-state index is -3.91. The van der Waals surface area contributed by atoms with Gasteiger partial charge >= 0.3 is 0 Å². The molecule has 1 saturated carbocycles. The topological polar surface area (TPSA) is 84.9 Å². The molecule has 1 spiro atoms. The van der Waals surface area contributed by atoms with E-state index >= 15 is 0 Å². The lowest BCUT2D eigenvalue weighted by Crippen LogP contribution is -2.49. The van der Waals surface area contributed by atoms with Crippen molar-refractivity contribution < 1.29 is 22.7 Å². The number of anilines is 1. The zero-order valence-electron chi connectivity index (χ0n) is 23.9. The predicted molar refractivity (Wildman–Crippen MR) is 161 cm³/mol. The monoisotopic (exact) mass is 598 g/mol. The molecule has 2 aromatic carbocycles. The first-order chi connectivity index (χ1) is 19.6. The third-order valence-corrected chi connectivity index (χ3v) is 12.1. The first kappa shape index (κ1) is 28.6. The van der Waals surface area contributed by atoms with Crippen LogP contribution in [0.2, 0.25) is 5.02 Å². The molecule has 2 bridgehead atoms. The van der Waals surface area contributed by atoms with Crippen LogP contribution in [0.1, 0.15) is 61.0 Å². The van der Waals surface area contributed by atoms with Crippen LogP contribution in [0.25, 0.3) is 0 Å². The first-order valence-electron chi connectivity index (χ1n) is 14.7. The van der Waals surface area contributed by atoms with Crippen LogP contribution in [0, 0.1) is 17.8 Å². The number of ether oxygens (including phenoxy) is 2. The second-order valence-corrected chi connectivity index (χ2v) is 14.9. The van der Waals surface area contributed by atoms with Crippen molar-refractivity contribution >= 4 is 33.2 Å². The van der Waals surface area contributed by atoms with Crippen molar-refractivity contribution in [1.29, 1.82) is 0 Å². The van der Waals surface area contributed by atoms with E-state index in [0.29, 0.717) is 29.8 Å². The molecule has 0 radical (unpaired) electrons. The van der Waals surface area contributed by atoms with Gasteiger partial charge in [0.2, 0.25) is 10.0 Å². The molecular weight excluding hydrogens is 560 g/mol. The molecular formula is C32H39ClN2O5S. The molecule has 2 heterocycles. The van der Waals surface area contributed by atoms with Crippen LogP contribution < -0.4 is 14.4 Å². The van der Waals surface area contributed by atoms with Crippen LogP contribution in [0.3, 0.4) is 0 Å². The highest BCUT2D eigenvalue weighted by Gasteiger charge is 2.44. The van der Waals surface area contributed by atoms with Crippen molar-refractivity contribution in [2.24, 2.45) is 17.8 Å².